The molecule has 0 unspecified atom stereocenters. The summed E-state index contributed by atoms with van der Waals surface area (Å²) >= 11 is 0. The summed E-state index contributed by atoms with van der Waals surface area (Å²) in [5.74, 6) is -0.0989. The number of benzene rings is 2. The lowest BCUT2D eigenvalue weighted by Gasteiger charge is -2.31. The van der Waals surface area contributed by atoms with E-state index < -0.39 is 16.1 Å². The topological polar surface area (TPSA) is 108 Å². The average molecular weight is 431 g/mol. The summed E-state index contributed by atoms with van der Waals surface area (Å²) in [6, 6.07) is 13.2. The van der Waals surface area contributed by atoms with E-state index in [-0.39, 0.29) is 10.8 Å². The van der Waals surface area contributed by atoms with Crippen LogP contribution < -0.4 is 20.3 Å². The van der Waals surface area contributed by atoms with Crippen molar-refractivity contribution in [1.29, 1.82) is 0 Å². The second-order valence-corrected chi connectivity index (χ2v) is 8.74. The SMILES string of the molecule is CCCCNC(=O)NS(=O)(=O)c1cccc(CCN2CNC(=O)c3ccccc32)c1. The van der Waals surface area contributed by atoms with Gasteiger partial charge in [0.05, 0.1) is 22.8 Å². The van der Waals surface area contributed by atoms with Gasteiger partial charge in [0.25, 0.3) is 15.9 Å². The molecule has 0 radical (unpaired) electrons. The van der Waals surface area contributed by atoms with Crippen LogP contribution in [0.5, 0.6) is 0 Å². The maximum Gasteiger partial charge on any atom is 0.328 e. The van der Waals surface area contributed by atoms with Crippen LogP contribution in [0.4, 0.5) is 10.5 Å². The molecule has 2 aromatic carbocycles. The Morgan fingerprint density at radius 1 is 1.17 bits per heavy atom. The van der Waals surface area contributed by atoms with Gasteiger partial charge in [-0.1, -0.05) is 37.6 Å². The standard InChI is InChI=1S/C21H26N4O4S/c1-2-3-12-22-21(27)24-30(28,29)17-8-6-7-16(14-17)11-13-25-15-23-20(26)18-9-4-5-10-19(18)25/h4-10,14H,2-3,11-13,15H2,1H3,(H,23,26)(H2,22,24,27). The number of carbonyl (C=O) groups is 2. The second-order valence-electron chi connectivity index (χ2n) is 7.06. The van der Waals surface area contributed by atoms with Crippen LogP contribution in [-0.2, 0) is 16.4 Å². The second kappa shape index (κ2) is 9.62. The highest BCUT2D eigenvalue weighted by Gasteiger charge is 2.22. The zero-order valence-corrected chi connectivity index (χ0v) is 17.7. The number of nitrogens with zero attached hydrogens (tertiary/aromatic N) is 1. The highest BCUT2D eigenvalue weighted by molar-refractivity contribution is 7.90. The number of carbonyl (C=O) groups excluding carboxylic acids is 2. The molecule has 3 rings (SSSR count). The number of hydrogen-bond acceptors (Lipinski definition) is 5. The molecule has 0 aromatic heterocycles. The molecule has 0 spiro atoms. The van der Waals surface area contributed by atoms with E-state index in [0.29, 0.717) is 31.7 Å². The van der Waals surface area contributed by atoms with Crippen molar-refractivity contribution < 1.29 is 18.0 Å². The minimum Gasteiger partial charge on any atom is -0.353 e. The normalized spacial score (nSPS) is 13.4. The third-order valence-electron chi connectivity index (χ3n) is 4.84. The monoisotopic (exact) mass is 430 g/mol. The number of fused-ring (bicyclic) bond motifs is 1. The summed E-state index contributed by atoms with van der Waals surface area (Å²) in [6.07, 6.45) is 2.26. The number of anilines is 1. The lowest BCUT2D eigenvalue weighted by molar-refractivity contribution is 0.0947. The Balaban J connectivity index is 1.65. The lowest BCUT2D eigenvalue weighted by atomic mass is 10.1. The predicted octanol–water partition coefficient (Wildman–Crippen LogP) is 2.22. The van der Waals surface area contributed by atoms with E-state index in [1.165, 1.54) is 6.07 Å². The Hall–Kier alpha value is -3.07. The Labute approximate surface area is 176 Å². The van der Waals surface area contributed by atoms with Crippen LogP contribution in [0.15, 0.2) is 53.4 Å². The number of sulfonamides is 1. The first kappa shape index (κ1) is 21.6. The Morgan fingerprint density at radius 3 is 2.77 bits per heavy atom. The quantitative estimate of drug-likeness (QED) is 0.557. The molecule has 0 saturated heterocycles. The summed E-state index contributed by atoms with van der Waals surface area (Å²) < 4.78 is 27.1. The summed E-state index contributed by atoms with van der Waals surface area (Å²) in [5.41, 5.74) is 2.30. The molecule has 9 heteroatoms. The van der Waals surface area contributed by atoms with Gasteiger partial charge in [-0.3, -0.25) is 4.79 Å². The molecule has 1 aliphatic heterocycles. The average Bonchev–Trinajstić information content (AvgIpc) is 2.73. The van der Waals surface area contributed by atoms with Crippen LogP contribution in [0.2, 0.25) is 0 Å². The minimum absolute atomic E-state index is 0.0398. The van der Waals surface area contributed by atoms with E-state index >= 15 is 0 Å². The summed E-state index contributed by atoms with van der Waals surface area (Å²) in [7, 11) is -3.95. The van der Waals surface area contributed by atoms with Gasteiger partial charge in [-0.2, -0.15) is 0 Å². The first-order chi connectivity index (χ1) is 14.4. The zero-order valence-electron chi connectivity index (χ0n) is 16.8. The number of para-hydroxylation sites is 1. The summed E-state index contributed by atoms with van der Waals surface area (Å²) in [4.78, 5) is 25.9. The van der Waals surface area contributed by atoms with E-state index in [1.54, 1.807) is 18.2 Å². The van der Waals surface area contributed by atoms with Crippen molar-refractivity contribution in [3.8, 4) is 0 Å². The smallest absolute Gasteiger partial charge is 0.328 e. The van der Waals surface area contributed by atoms with Gasteiger partial charge in [0, 0.05) is 13.1 Å². The van der Waals surface area contributed by atoms with Crippen LogP contribution in [-0.4, -0.2) is 40.1 Å². The first-order valence-corrected chi connectivity index (χ1v) is 11.4. The number of unbranched alkanes of at least 4 members (excludes halogenated alkanes) is 1. The van der Waals surface area contributed by atoms with Gasteiger partial charge in [-0.05, 0) is 42.7 Å². The zero-order chi connectivity index (χ0) is 21.6. The van der Waals surface area contributed by atoms with Crippen LogP contribution >= 0.6 is 0 Å². The number of hydrogen-bond donors (Lipinski definition) is 3. The fraction of sp³-hybridized carbons (Fsp3) is 0.333. The van der Waals surface area contributed by atoms with E-state index in [4.69, 9.17) is 0 Å². The highest BCUT2D eigenvalue weighted by atomic mass is 32.2. The minimum atomic E-state index is -3.95. The third-order valence-corrected chi connectivity index (χ3v) is 6.17. The van der Waals surface area contributed by atoms with Crippen molar-refractivity contribution in [2.24, 2.45) is 0 Å². The van der Waals surface area contributed by atoms with E-state index in [1.807, 2.05) is 40.8 Å². The van der Waals surface area contributed by atoms with Gasteiger partial charge in [0.1, 0.15) is 0 Å². The van der Waals surface area contributed by atoms with Gasteiger partial charge in [-0.25, -0.2) is 17.9 Å². The maximum atomic E-state index is 12.5. The maximum absolute atomic E-state index is 12.5. The highest BCUT2D eigenvalue weighted by Crippen LogP contribution is 2.23. The van der Waals surface area contributed by atoms with Crippen LogP contribution in [0.25, 0.3) is 0 Å². The van der Waals surface area contributed by atoms with Gasteiger partial charge in [0.2, 0.25) is 0 Å². The predicted molar refractivity (Wildman–Crippen MR) is 115 cm³/mol. The molecule has 1 aliphatic rings. The van der Waals surface area contributed by atoms with Crippen molar-refractivity contribution in [3.63, 3.8) is 0 Å². The van der Waals surface area contributed by atoms with Crippen molar-refractivity contribution in [1.82, 2.24) is 15.4 Å². The van der Waals surface area contributed by atoms with Gasteiger partial charge >= 0.3 is 6.03 Å². The molecule has 2 aromatic rings. The molecule has 0 atom stereocenters. The molecule has 0 saturated carbocycles. The van der Waals surface area contributed by atoms with E-state index in [2.05, 4.69) is 10.6 Å². The summed E-state index contributed by atoms with van der Waals surface area (Å²) in [6.45, 7) is 3.41. The van der Waals surface area contributed by atoms with Gasteiger partial charge in [0.15, 0.2) is 0 Å². The molecular formula is C21H26N4O4S. The molecular weight excluding hydrogens is 404 g/mol. The molecule has 3 amide bonds. The van der Waals surface area contributed by atoms with Crippen LogP contribution in [0, 0.1) is 0 Å². The largest absolute Gasteiger partial charge is 0.353 e. The molecule has 0 bridgehead atoms. The molecule has 0 fully saturated rings. The first-order valence-electron chi connectivity index (χ1n) is 9.92. The van der Waals surface area contributed by atoms with Crippen LogP contribution in [0.3, 0.4) is 0 Å². The molecule has 0 aliphatic carbocycles. The number of nitrogens with one attached hydrogen (secondary N) is 3. The van der Waals surface area contributed by atoms with E-state index in [0.717, 1.165) is 24.1 Å². The number of urea groups is 1. The van der Waals surface area contributed by atoms with Crippen molar-refractivity contribution in [2.45, 2.75) is 31.1 Å². The Bertz CT molecular complexity index is 1020. The van der Waals surface area contributed by atoms with Crippen molar-refractivity contribution in [2.75, 3.05) is 24.7 Å². The van der Waals surface area contributed by atoms with E-state index in [9.17, 15) is 18.0 Å². The summed E-state index contributed by atoms with van der Waals surface area (Å²) in [5, 5.41) is 5.37. The fourth-order valence-corrected chi connectivity index (χ4v) is 4.21. The number of amides is 3. The Kier molecular flexibility index (Phi) is 6.94. The van der Waals surface area contributed by atoms with Crippen molar-refractivity contribution in [3.05, 3.63) is 59.7 Å². The van der Waals surface area contributed by atoms with Crippen LogP contribution in [0.1, 0.15) is 35.7 Å². The van der Waals surface area contributed by atoms with Gasteiger partial charge < -0.3 is 15.5 Å². The molecule has 3 N–H and O–H groups in total. The fourth-order valence-electron chi connectivity index (χ4n) is 3.22. The van der Waals surface area contributed by atoms with Gasteiger partial charge in [-0.15, -0.1) is 0 Å². The molecule has 8 nitrogen and oxygen atoms in total. The third kappa shape index (κ3) is 5.29. The molecule has 30 heavy (non-hydrogen) atoms. The molecule has 1 heterocycles. The Morgan fingerprint density at radius 2 is 1.97 bits per heavy atom. The molecule has 160 valence electrons. The van der Waals surface area contributed by atoms with Crippen molar-refractivity contribution >= 4 is 27.6 Å². The number of rotatable bonds is 8. The lowest BCUT2D eigenvalue weighted by Crippen LogP contribution is -2.44.